The summed E-state index contributed by atoms with van der Waals surface area (Å²) in [6.45, 7) is 8.15. The van der Waals surface area contributed by atoms with E-state index in [2.05, 4.69) is 32.1 Å². The van der Waals surface area contributed by atoms with E-state index in [9.17, 15) is 0 Å². The van der Waals surface area contributed by atoms with Crippen LogP contribution in [-0.2, 0) is 4.74 Å². The van der Waals surface area contributed by atoms with Gasteiger partial charge in [0.25, 0.3) is 0 Å². The summed E-state index contributed by atoms with van der Waals surface area (Å²) in [4.78, 5) is 0. The lowest BCUT2D eigenvalue weighted by Crippen LogP contribution is -2.21. The van der Waals surface area contributed by atoms with E-state index >= 15 is 0 Å². The molecule has 0 heterocycles. The van der Waals surface area contributed by atoms with E-state index in [1.54, 1.807) is 0 Å². The summed E-state index contributed by atoms with van der Waals surface area (Å²) in [5, 5.41) is 0. The van der Waals surface area contributed by atoms with Crippen molar-refractivity contribution in [3.05, 3.63) is 23.8 Å². The number of rotatable bonds is 4. The molecule has 1 heteroatoms. The lowest BCUT2D eigenvalue weighted by molar-refractivity contribution is 0.0897. The third kappa shape index (κ3) is 3.00. The summed E-state index contributed by atoms with van der Waals surface area (Å²) in [5.74, 6) is 0. The Kier molecular flexibility index (Phi) is 3.73. The van der Waals surface area contributed by atoms with Crippen LogP contribution < -0.4 is 0 Å². The second-order valence-electron chi connectivity index (χ2n) is 4.16. The van der Waals surface area contributed by atoms with Gasteiger partial charge in [-0.1, -0.05) is 32.1 Å². The monoisotopic (exact) mass is 180 g/mol. The molecular weight excluding hydrogens is 160 g/mol. The van der Waals surface area contributed by atoms with E-state index in [0.717, 1.165) is 13.2 Å². The highest BCUT2D eigenvalue weighted by atomic mass is 16.5. The molecule has 0 N–H and O–H groups in total. The molecule has 0 unspecified atom stereocenters. The maximum absolute atomic E-state index is 5.48. The van der Waals surface area contributed by atoms with Crippen molar-refractivity contribution in [2.75, 3.05) is 13.2 Å². The Morgan fingerprint density at radius 2 is 2.15 bits per heavy atom. The highest BCUT2D eigenvalue weighted by Crippen LogP contribution is 2.30. The van der Waals surface area contributed by atoms with Crippen LogP contribution in [0.2, 0.25) is 0 Å². The molecule has 0 radical (unpaired) electrons. The van der Waals surface area contributed by atoms with Gasteiger partial charge in [0, 0.05) is 12.0 Å². The molecule has 0 spiro atoms. The summed E-state index contributed by atoms with van der Waals surface area (Å²) in [7, 11) is 0. The fraction of sp³-hybridized carbons (Fsp3) is 0.667. The van der Waals surface area contributed by atoms with Crippen molar-refractivity contribution in [3.63, 3.8) is 0 Å². The van der Waals surface area contributed by atoms with Crippen LogP contribution in [0.1, 0.15) is 33.6 Å². The zero-order chi connectivity index (χ0) is 9.73. The minimum atomic E-state index is 0.174. The Labute approximate surface area is 81.5 Å². The van der Waals surface area contributed by atoms with Crippen LogP contribution in [-0.4, -0.2) is 13.2 Å². The zero-order valence-corrected chi connectivity index (χ0v) is 8.97. The quantitative estimate of drug-likeness (QED) is 0.645. The van der Waals surface area contributed by atoms with Crippen LogP contribution in [0.3, 0.4) is 0 Å². The van der Waals surface area contributed by atoms with E-state index in [1.165, 1.54) is 18.4 Å². The van der Waals surface area contributed by atoms with Crippen molar-refractivity contribution in [1.82, 2.24) is 0 Å². The Morgan fingerprint density at radius 1 is 1.38 bits per heavy atom. The van der Waals surface area contributed by atoms with Crippen LogP contribution in [0.25, 0.3) is 0 Å². The molecule has 0 bridgehead atoms. The molecule has 74 valence electrons. The van der Waals surface area contributed by atoms with Gasteiger partial charge in [0.1, 0.15) is 0 Å². The molecule has 0 saturated heterocycles. The summed E-state index contributed by atoms with van der Waals surface area (Å²) in [6.07, 6.45) is 9.19. The third-order valence-electron chi connectivity index (χ3n) is 2.44. The normalized spacial score (nSPS) is 17.3. The van der Waals surface area contributed by atoms with Gasteiger partial charge in [0.05, 0.1) is 6.61 Å². The van der Waals surface area contributed by atoms with Crippen LogP contribution in [0, 0.1) is 5.41 Å². The number of ether oxygens (including phenoxy) is 1. The lowest BCUT2D eigenvalue weighted by atomic mass is 9.82. The van der Waals surface area contributed by atoms with Gasteiger partial charge in [-0.3, -0.25) is 0 Å². The zero-order valence-electron chi connectivity index (χ0n) is 8.97. The first-order chi connectivity index (χ1) is 6.17. The number of allylic oxidation sites excluding steroid dienone is 3. The van der Waals surface area contributed by atoms with Crippen LogP contribution in [0.5, 0.6) is 0 Å². The van der Waals surface area contributed by atoms with Gasteiger partial charge in [-0.2, -0.15) is 0 Å². The van der Waals surface area contributed by atoms with E-state index in [1.807, 2.05) is 6.92 Å². The first kappa shape index (κ1) is 10.5. The molecule has 1 aliphatic rings. The van der Waals surface area contributed by atoms with Gasteiger partial charge in [0.15, 0.2) is 0 Å². The molecule has 0 aromatic rings. The van der Waals surface area contributed by atoms with E-state index < -0.39 is 0 Å². The van der Waals surface area contributed by atoms with Gasteiger partial charge in [-0.15, -0.1) is 0 Å². The first-order valence-corrected chi connectivity index (χ1v) is 5.12. The lowest BCUT2D eigenvalue weighted by Gasteiger charge is -2.27. The molecule has 0 fully saturated rings. The molecule has 1 aliphatic carbocycles. The van der Waals surface area contributed by atoms with E-state index in [-0.39, 0.29) is 5.41 Å². The standard InChI is InChI=1S/C12H20O/c1-4-13-10-12(2,3)11-8-6-5-7-9-11/h6,8-9H,4-5,7,10H2,1-3H3. The summed E-state index contributed by atoms with van der Waals surface area (Å²) in [5.41, 5.74) is 1.60. The van der Waals surface area contributed by atoms with Crippen molar-refractivity contribution in [3.8, 4) is 0 Å². The summed E-state index contributed by atoms with van der Waals surface area (Å²) in [6, 6.07) is 0. The molecule has 0 atom stereocenters. The minimum Gasteiger partial charge on any atom is -0.381 e. The van der Waals surface area contributed by atoms with Crippen LogP contribution in [0.15, 0.2) is 23.8 Å². The maximum atomic E-state index is 5.48. The van der Waals surface area contributed by atoms with Gasteiger partial charge in [0.2, 0.25) is 0 Å². The third-order valence-corrected chi connectivity index (χ3v) is 2.44. The Hall–Kier alpha value is -0.560. The predicted molar refractivity (Wildman–Crippen MR) is 56.7 cm³/mol. The van der Waals surface area contributed by atoms with Crippen LogP contribution >= 0.6 is 0 Å². The second-order valence-corrected chi connectivity index (χ2v) is 4.16. The van der Waals surface area contributed by atoms with E-state index in [4.69, 9.17) is 4.74 Å². The van der Waals surface area contributed by atoms with Gasteiger partial charge in [-0.05, 0) is 25.3 Å². The highest BCUT2D eigenvalue weighted by molar-refractivity contribution is 5.28. The minimum absolute atomic E-state index is 0.174. The average molecular weight is 180 g/mol. The van der Waals surface area contributed by atoms with Crippen molar-refractivity contribution < 1.29 is 4.74 Å². The van der Waals surface area contributed by atoms with Gasteiger partial charge in [-0.25, -0.2) is 0 Å². The number of hydrogen-bond donors (Lipinski definition) is 0. The van der Waals surface area contributed by atoms with Crippen molar-refractivity contribution in [2.45, 2.75) is 33.6 Å². The van der Waals surface area contributed by atoms with Gasteiger partial charge >= 0.3 is 0 Å². The molecule has 1 nitrogen and oxygen atoms in total. The Morgan fingerprint density at radius 3 is 2.69 bits per heavy atom. The first-order valence-electron chi connectivity index (χ1n) is 5.12. The average Bonchev–Trinajstić information content (AvgIpc) is 2.16. The van der Waals surface area contributed by atoms with Crippen molar-refractivity contribution in [1.29, 1.82) is 0 Å². The fourth-order valence-electron chi connectivity index (χ4n) is 1.56. The molecular formula is C12H20O. The smallest absolute Gasteiger partial charge is 0.0557 e. The summed E-state index contributed by atoms with van der Waals surface area (Å²) >= 11 is 0. The number of hydrogen-bond acceptors (Lipinski definition) is 1. The fourth-order valence-corrected chi connectivity index (χ4v) is 1.56. The molecule has 1 rings (SSSR count). The van der Waals surface area contributed by atoms with Gasteiger partial charge < -0.3 is 4.74 Å². The summed E-state index contributed by atoms with van der Waals surface area (Å²) < 4.78 is 5.48. The molecule has 0 aliphatic heterocycles. The maximum Gasteiger partial charge on any atom is 0.0557 e. The highest BCUT2D eigenvalue weighted by Gasteiger charge is 2.22. The Balaban J connectivity index is 2.56. The van der Waals surface area contributed by atoms with Crippen molar-refractivity contribution in [2.24, 2.45) is 5.41 Å². The molecule has 13 heavy (non-hydrogen) atoms. The Bertz CT molecular complexity index is 211. The predicted octanol–water partition coefficient (Wildman–Crippen LogP) is 3.33. The van der Waals surface area contributed by atoms with Crippen LogP contribution in [0.4, 0.5) is 0 Å². The molecule has 0 aromatic carbocycles. The molecule has 0 saturated carbocycles. The molecule has 0 aromatic heterocycles. The largest absolute Gasteiger partial charge is 0.381 e. The van der Waals surface area contributed by atoms with E-state index in [0.29, 0.717) is 0 Å². The second kappa shape index (κ2) is 4.61. The molecule has 0 amide bonds. The topological polar surface area (TPSA) is 9.23 Å². The van der Waals surface area contributed by atoms with Crippen molar-refractivity contribution >= 4 is 0 Å². The SMILES string of the molecule is CCOCC(C)(C)C1=CCCC=C1.